The summed E-state index contributed by atoms with van der Waals surface area (Å²) in [5.41, 5.74) is 3.60. The Kier molecular flexibility index (Phi) is 8.29. The van der Waals surface area contributed by atoms with Crippen molar-refractivity contribution in [3.05, 3.63) is 110 Å². The number of nitrogens with one attached hydrogen (secondary N) is 2. The molecule has 0 spiro atoms. The van der Waals surface area contributed by atoms with Crippen molar-refractivity contribution in [1.82, 2.24) is 10.7 Å². The lowest BCUT2D eigenvalue weighted by Gasteiger charge is -2.11. The van der Waals surface area contributed by atoms with E-state index in [0.717, 1.165) is 14.3 Å². The number of carbonyl (C=O) groups is 3. The highest BCUT2D eigenvalue weighted by molar-refractivity contribution is 14.1. The fourth-order valence-electron chi connectivity index (χ4n) is 3.39. The van der Waals surface area contributed by atoms with Crippen LogP contribution < -0.4 is 15.5 Å². The minimum absolute atomic E-state index is 0.229. The van der Waals surface area contributed by atoms with Crippen LogP contribution in [-0.2, 0) is 4.79 Å². The SMILES string of the molecule is O=C(CNC(=O)c1ccccc1I)NN=Cc1c(OC(=O)c2ccccc2Cl)ccc2ccccc12. The zero-order valence-corrected chi connectivity index (χ0v) is 21.6. The first-order chi connectivity index (χ1) is 17.4. The average molecular weight is 612 g/mol. The van der Waals surface area contributed by atoms with Crippen molar-refractivity contribution >= 4 is 69.0 Å². The Bertz CT molecular complexity index is 1490. The summed E-state index contributed by atoms with van der Waals surface area (Å²) in [6.07, 6.45) is 1.40. The zero-order chi connectivity index (χ0) is 25.5. The molecular weight excluding hydrogens is 593 g/mol. The van der Waals surface area contributed by atoms with Gasteiger partial charge < -0.3 is 10.1 Å². The normalized spacial score (nSPS) is 10.8. The monoisotopic (exact) mass is 611 g/mol. The largest absolute Gasteiger partial charge is 0.422 e. The number of ether oxygens (including phenoxy) is 1. The lowest BCUT2D eigenvalue weighted by atomic mass is 10.0. The minimum Gasteiger partial charge on any atom is -0.422 e. The number of rotatable bonds is 7. The van der Waals surface area contributed by atoms with Gasteiger partial charge in [-0.1, -0.05) is 66.2 Å². The van der Waals surface area contributed by atoms with E-state index in [0.29, 0.717) is 11.1 Å². The molecule has 0 aliphatic heterocycles. The number of carbonyl (C=O) groups excluding carboxylic acids is 3. The van der Waals surface area contributed by atoms with Crippen LogP contribution in [0.1, 0.15) is 26.3 Å². The Morgan fingerprint density at radius 1 is 0.889 bits per heavy atom. The van der Waals surface area contributed by atoms with Crippen molar-refractivity contribution in [2.24, 2.45) is 5.10 Å². The van der Waals surface area contributed by atoms with Gasteiger partial charge in [-0.25, -0.2) is 10.2 Å². The zero-order valence-electron chi connectivity index (χ0n) is 18.7. The molecule has 0 heterocycles. The highest BCUT2D eigenvalue weighted by Gasteiger charge is 2.16. The van der Waals surface area contributed by atoms with Crippen LogP contribution in [0.3, 0.4) is 0 Å². The van der Waals surface area contributed by atoms with Gasteiger partial charge in [0.05, 0.1) is 28.9 Å². The molecule has 9 heteroatoms. The van der Waals surface area contributed by atoms with Crippen LogP contribution in [0.5, 0.6) is 5.75 Å². The molecule has 0 radical (unpaired) electrons. The third-order valence-corrected chi connectivity index (χ3v) is 6.41. The molecule has 4 rings (SSSR count). The van der Waals surface area contributed by atoms with Crippen LogP contribution in [0.2, 0.25) is 5.02 Å². The Morgan fingerprint density at radius 3 is 2.36 bits per heavy atom. The number of nitrogens with zero attached hydrogens (tertiary/aromatic N) is 1. The Morgan fingerprint density at radius 2 is 1.58 bits per heavy atom. The fraction of sp³-hybridized carbons (Fsp3) is 0.0370. The second-order valence-electron chi connectivity index (χ2n) is 7.52. The molecule has 2 N–H and O–H groups in total. The van der Waals surface area contributed by atoms with E-state index in [1.807, 2.05) is 36.4 Å². The van der Waals surface area contributed by atoms with Crippen LogP contribution in [0.15, 0.2) is 90.0 Å². The highest BCUT2D eigenvalue weighted by atomic mass is 127. The summed E-state index contributed by atoms with van der Waals surface area (Å²) in [6, 6.07) is 24.6. The van der Waals surface area contributed by atoms with Gasteiger partial charge >= 0.3 is 5.97 Å². The van der Waals surface area contributed by atoms with Gasteiger partial charge in [0.2, 0.25) is 0 Å². The van der Waals surface area contributed by atoms with Crippen molar-refractivity contribution in [1.29, 1.82) is 0 Å². The fourth-order valence-corrected chi connectivity index (χ4v) is 4.23. The van der Waals surface area contributed by atoms with Crippen LogP contribution in [0.25, 0.3) is 10.8 Å². The molecule has 0 saturated heterocycles. The molecule has 36 heavy (non-hydrogen) atoms. The molecule has 0 bridgehead atoms. The number of esters is 1. The first-order valence-electron chi connectivity index (χ1n) is 10.8. The van der Waals surface area contributed by atoms with E-state index in [9.17, 15) is 14.4 Å². The van der Waals surface area contributed by atoms with Gasteiger partial charge in [0, 0.05) is 9.13 Å². The lowest BCUT2D eigenvalue weighted by molar-refractivity contribution is -0.120. The van der Waals surface area contributed by atoms with Gasteiger partial charge in [-0.05, 0) is 63.7 Å². The summed E-state index contributed by atoms with van der Waals surface area (Å²) in [7, 11) is 0. The first kappa shape index (κ1) is 25.3. The maximum atomic E-state index is 12.7. The molecule has 0 fully saturated rings. The van der Waals surface area contributed by atoms with Gasteiger partial charge in [0.1, 0.15) is 5.75 Å². The van der Waals surface area contributed by atoms with Gasteiger partial charge in [-0.3, -0.25) is 9.59 Å². The number of hydrogen-bond donors (Lipinski definition) is 2. The highest BCUT2D eigenvalue weighted by Crippen LogP contribution is 2.28. The molecule has 0 aromatic heterocycles. The topological polar surface area (TPSA) is 96.9 Å². The average Bonchev–Trinajstić information content (AvgIpc) is 2.88. The van der Waals surface area contributed by atoms with Crippen molar-refractivity contribution in [3.63, 3.8) is 0 Å². The molecule has 0 aliphatic rings. The third kappa shape index (κ3) is 6.07. The summed E-state index contributed by atoms with van der Waals surface area (Å²) in [5.74, 6) is -1.24. The summed E-state index contributed by atoms with van der Waals surface area (Å²) in [5, 5.41) is 8.53. The molecule has 4 aromatic rings. The van der Waals surface area contributed by atoms with Gasteiger partial charge in [0.25, 0.3) is 11.8 Å². The second-order valence-corrected chi connectivity index (χ2v) is 9.09. The maximum absolute atomic E-state index is 12.7. The van der Waals surface area contributed by atoms with Crippen molar-refractivity contribution < 1.29 is 19.1 Å². The molecule has 180 valence electrons. The van der Waals surface area contributed by atoms with Crippen LogP contribution >= 0.6 is 34.2 Å². The van der Waals surface area contributed by atoms with Gasteiger partial charge in [0.15, 0.2) is 0 Å². The van der Waals surface area contributed by atoms with Gasteiger partial charge in [-0.15, -0.1) is 0 Å². The number of halogens is 2. The lowest BCUT2D eigenvalue weighted by Crippen LogP contribution is -2.35. The second kappa shape index (κ2) is 11.8. The van der Waals surface area contributed by atoms with E-state index in [2.05, 4.69) is 38.4 Å². The molecule has 0 unspecified atom stereocenters. The Balaban J connectivity index is 1.49. The number of fused-ring (bicyclic) bond motifs is 1. The molecule has 0 atom stereocenters. The minimum atomic E-state index is -0.618. The predicted octanol–water partition coefficient (Wildman–Crippen LogP) is 5.20. The maximum Gasteiger partial charge on any atom is 0.345 e. The van der Waals surface area contributed by atoms with E-state index < -0.39 is 11.9 Å². The van der Waals surface area contributed by atoms with E-state index in [4.69, 9.17) is 16.3 Å². The molecule has 4 aromatic carbocycles. The summed E-state index contributed by atoms with van der Waals surface area (Å²) in [6.45, 7) is -0.259. The van der Waals surface area contributed by atoms with Crippen LogP contribution in [0, 0.1) is 3.57 Å². The van der Waals surface area contributed by atoms with E-state index in [-0.39, 0.29) is 28.8 Å². The van der Waals surface area contributed by atoms with E-state index >= 15 is 0 Å². The summed E-state index contributed by atoms with van der Waals surface area (Å²) >= 11 is 8.19. The number of amides is 2. The number of hydrazone groups is 1. The van der Waals surface area contributed by atoms with Gasteiger partial charge in [-0.2, -0.15) is 5.10 Å². The first-order valence-corrected chi connectivity index (χ1v) is 12.2. The number of hydrogen-bond acceptors (Lipinski definition) is 5. The van der Waals surface area contributed by atoms with Crippen molar-refractivity contribution in [3.8, 4) is 5.75 Å². The third-order valence-electron chi connectivity index (χ3n) is 5.14. The molecule has 2 amide bonds. The predicted molar refractivity (Wildman–Crippen MR) is 148 cm³/mol. The van der Waals surface area contributed by atoms with E-state index in [1.54, 1.807) is 48.5 Å². The van der Waals surface area contributed by atoms with E-state index in [1.165, 1.54) is 6.21 Å². The smallest absolute Gasteiger partial charge is 0.345 e. The summed E-state index contributed by atoms with van der Waals surface area (Å²) in [4.78, 5) is 37.3. The molecule has 7 nitrogen and oxygen atoms in total. The van der Waals surface area contributed by atoms with Crippen molar-refractivity contribution in [2.75, 3.05) is 6.54 Å². The molecule has 0 aliphatic carbocycles. The molecule has 0 saturated carbocycles. The molecular formula is C27H19ClIN3O4. The van der Waals surface area contributed by atoms with Crippen LogP contribution in [0.4, 0.5) is 0 Å². The van der Waals surface area contributed by atoms with Crippen LogP contribution in [-0.4, -0.2) is 30.5 Å². The Hall–Kier alpha value is -3.76. The number of benzene rings is 4. The van der Waals surface area contributed by atoms with Crippen molar-refractivity contribution in [2.45, 2.75) is 0 Å². The quantitative estimate of drug-likeness (QED) is 0.0988. The Labute approximate surface area is 225 Å². The standard InChI is InChI=1S/C27H19ClIN3O4/c28-22-11-5-3-9-19(22)27(35)36-24-14-13-17-7-1-2-8-18(17)21(24)15-31-32-25(33)16-30-26(34)20-10-4-6-12-23(20)29/h1-15H,16H2,(H,30,34)(H,32,33). The summed E-state index contributed by atoms with van der Waals surface area (Å²) < 4.78 is 6.41.